The first-order valence-electron chi connectivity index (χ1n) is 14.9. The van der Waals surface area contributed by atoms with Gasteiger partial charge in [-0.25, -0.2) is 0 Å². The third-order valence-electron chi connectivity index (χ3n) is 8.67. The zero-order valence-electron chi connectivity index (χ0n) is 23.8. The van der Waals surface area contributed by atoms with Gasteiger partial charge in [0, 0.05) is 17.3 Å². The molecule has 0 aliphatic heterocycles. The minimum atomic E-state index is 0.782. The van der Waals surface area contributed by atoms with E-state index in [0.717, 1.165) is 39.1 Å². The van der Waals surface area contributed by atoms with Crippen molar-refractivity contribution in [1.82, 2.24) is 4.98 Å². The second kappa shape index (κ2) is 9.82. The number of furan rings is 1. The SMILES string of the molecule is c1ccc(-c2ccc(N(c3cc4ccc5ccccc5c4c4ccccc34)c3cccc4oc5cccnc5c34)cc2)cc1. The molecule has 0 spiro atoms. The molecule has 0 bridgehead atoms. The summed E-state index contributed by atoms with van der Waals surface area (Å²) < 4.78 is 6.31. The van der Waals surface area contributed by atoms with Gasteiger partial charge < -0.3 is 9.32 Å². The molecule has 3 heteroatoms. The average Bonchev–Trinajstić information content (AvgIpc) is 3.48. The van der Waals surface area contributed by atoms with Gasteiger partial charge in [0.05, 0.1) is 16.8 Å². The van der Waals surface area contributed by atoms with E-state index in [1.807, 2.05) is 24.4 Å². The molecule has 2 heterocycles. The first-order valence-corrected chi connectivity index (χ1v) is 14.9. The number of hydrogen-bond donors (Lipinski definition) is 0. The van der Waals surface area contributed by atoms with Gasteiger partial charge in [-0.05, 0) is 80.5 Å². The predicted octanol–water partition coefficient (Wildman–Crippen LogP) is 11.6. The molecule has 0 N–H and O–H groups in total. The summed E-state index contributed by atoms with van der Waals surface area (Å²) in [6.07, 6.45) is 1.84. The van der Waals surface area contributed by atoms with E-state index in [9.17, 15) is 0 Å². The van der Waals surface area contributed by atoms with Gasteiger partial charge in [0.1, 0.15) is 11.1 Å². The summed E-state index contributed by atoms with van der Waals surface area (Å²) in [6, 6.07) is 53.8. The van der Waals surface area contributed by atoms with Crippen molar-refractivity contribution in [2.24, 2.45) is 0 Å². The van der Waals surface area contributed by atoms with Crippen molar-refractivity contribution in [3.05, 3.63) is 158 Å². The van der Waals surface area contributed by atoms with Crippen molar-refractivity contribution in [2.45, 2.75) is 0 Å². The maximum atomic E-state index is 6.31. The van der Waals surface area contributed by atoms with Crippen molar-refractivity contribution in [3.8, 4) is 11.1 Å². The molecule has 44 heavy (non-hydrogen) atoms. The normalized spacial score (nSPS) is 11.6. The molecule has 9 aromatic rings. The number of benzene rings is 7. The van der Waals surface area contributed by atoms with Gasteiger partial charge in [-0.1, -0.05) is 109 Å². The van der Waals surface area contributed by atoms with Gasteiger partial charge in [0.2, 0.25) is 0 Å². The van der Waals surface area contributed by atoms with Gasteiger partial charge in [0.15, 0.2) is 5.58 Å². The molecule has 0 aliphatic rings. The van der Waals surface area contributed by atoms with Crippen LogP contribution in [0.1, 0.15) is 0 Å². The van der Waals surface area contributed by atoms with Crippen LogP contribution in [-0.2, 0) is 0 Å². The highest BCUT2D eigenvalue weighted by Gasteiger charge is 2.22. The number of aromatic nitrogens is 1. The maximum Gasteiger partial charge on any atom is 0.153 e. The lowest BCUT2D eigenvalue weighted by atomic mass is 9.94. The Morgan fingerprint density at radius 3 is 2.02 bits per heavy atom. The molecule has 0 atom stereocenters. The van der Waals surface area contributed by atoms with Crippen LogP contribution in [-0.4, -0.2) is 4.98 Å². The molecular weight excluding hydrogens is 536 g/mol. The molecule has 0 amide bonds. The van der Waals surface area contributed by atoms with E-state index in [4.69, 9.17) is 9.40 Å². The van der Waals surface area contributed by atoms with Crippen LogP contribution in [0.2, 0.25) is 0 Å². The monoisotopic (exact) mass is 562 g/mol. The number of anilines is 3. The molecule has 0 saturated heterocycles. The third kappa shape index (κ3) is 3.80. The zero-order valence-corrected chi connectivity index (χ0v) is 23.8. The number of nitrogens with zero attached hydrogens (tertiary/aromatic N) is 2. The summed E-state index contributed by atoms with van der Waals surface area (Å²) in [5.41, 5.74) is 8.03. The zero-order chi connectivity index (χ0) is 29.0. The number of rotatable bonds is 4. The van der Waals surface area contributed by atoms with E-state index < -0.39 is 0 Å². The minimum absolute atomic E-state index is 0.782. The molecule has 206 valence electrons. The topological polar surface area (TPSA) is 29.3 Å². The molecule has 0 saturated carbocycles. The Bertz CT molecular complexity index is 2490. The summed E-state index contributed by atoms with van der Waals surface area (Å²) in [7, 11) is 0. The summed E-state index contributed by atoms with van der Waals surface area (Å²) in [5, 5.41) is 8.39. The van der Waals surface area contributed by atoms with Crippen LogP contribution in [0.3, 0.4) is 0 Å². The Hall–Kier alpha value is -5.93. The lowest BCUT2D eigenvalue weighted by molar-refractivity contribution is 0.668. The highest BCUT2D eigenvalue weighted by molar-refractivity contribution is 6.24. The van der Waals surface area contributed by atoms with Crippen LogP contribution in [0.5, 0.6) is 0 Å². The fraction of sp³-hybridized carbons (Fsp3) is 0. The molecule has 0 fully saturated rings. The van der Waals surface area contributed by atoms with Gasteiger partial charge >= 0.3 is 0 Å². The molecule has 0 aliphatic carbocycles. The standard InChI is InChI=1S/C41H26N2O/c1-2-10-27(11-3-1)28-21-23-31(24-22-28)43(35-16-8-17-37-40(35)41-38(44-37)18-9-25-42-41)36-26-30-20-19-29-12-4-5-13-32(29)39(30)34-15-7-6-14-33(34)36/h1-26H. The molecule has 2 aromatic heterocycles. The Morgan fingerprint density at radius 2 is 1.16 bits per heavy atom. The van der Waals surface area contributed by atoms with Crippen LogP contribution >= 0.6 is 0 Å². The van der Waals surface area contributed by atoms with Crippen LogP contribution in [0.4, 0.5) is 17.1 Å². The largest absolute Gasteiger partial charge is 0.454 e. The van der Waals surface area contributed by atoms with Crippen LogP contribution < -0.4 is 4.90 Å². The Kier molecular flexibility index (Phi) is 5.50. The third-order valence-corrected chi connectivity index (χ3v) is 8.67. The Balaban J connectivity index is 1.37. The van der Waals surface area contributed by atoms with Crippen molar-refractivity contribution in [2.75, 3.05) is 4.90 Å². The maximum absolute atomic E-state index is 6.31. The Morgan fingerprint density at radius 1 is 0.455 bits per heavy atom. The quantitative estimate of drug-likeness (QED) is 0.200. The Labute approximate surface area is 254 Å². The molecule has 3 nitrogen and oxygen atoms in total. The van der Waals surface area contributed by atoms with Crippen LogP contribution in [0.25, 0.3) is 65.5 Å². The van der Waals surface area contributed by atoms with E-state index in [0.29, 0.717) is 0 Å². The van der Waals surface area contributed by atoms with Crippen molar-refractivity contribution in [3.63, 3.8) is 0 Å². The minimum Gasteiger partial charge on any atom is -0.454 e. The predicted molar refractivity (Wildman–Crippen MR) is 184 cm³/mol. The van der Waals surface area contributed by atoms with E-state index in [1.54, 1.807) is 0 Å². The second-order valence-electron chi connectivity index (χ2n) is 11.2. The first-order chi connectivity index (χ1) is 21.8. The number of fused-ring (bicyclic) bond motifs is 8. The van der Waals surface area contributed by atoms with Crippen molar-refractivity contribution < 1.29 is 4.42 Å². The fourth-order valence-corrected chi connectivity index (χ4v) is 6.69. The van der Waals surface area contributed by atoms with E-state index in [1.165, 1.54) is 43.4 Å². The van der Waals surface area contributed by atoms with Gasteiger partial charge in [-0.2, -0.15) is 0 Å². The molecule has 9 rings (SSSR count). The van der Waals surface area contributed by atoms with E-state index in [2.05, 4.69) is 138 Å². The fourth-order valence-electron chi connectivity index (χ4n) is 6.69. The molecule has 7 aromatic carbocycles. The number of pyridine rings is 1. The molecule has 0 unspecified atom stereocenters. The van der Waals surface area contributed by atoms with E-state index >= 15 is 0 Å². The smallest absolute Gasteiger partial charge is 0.153 e. The summed E-state index contributed by atoms with van der Waals surface area (Å²) >= 11 is 0. The van der Waals surface area contributed by atoms with E-state index in [-0.39, 0.29) is 0 Å². The highest BCUT2D eigenvalue weighted by atomic mass is 16.3. The summed E-state index contributed by atoms with van der Waals surface area (Å²) in [5.74, 6) is 0. The summed E-state index contributed by atoms with van der Waals surface area (Å²) in [6.45, 7) is 0. The lowest BCUT2D eigenvalue weighted by Gasteiger charge is -2.28. The van der Waals surface area contributed by atoms with Crippen LogP contribution in [0, 0.1) is 0 Å². The second-order valence-corrected chi connectivity index (χ2v) is 11.2. The number of hydrogen-bond acceptors (Lipinski definition) is 3. The molecular formula is C41H26N2O. The highest BCUT2D eigenvalue weighted by Crippen LogP contribution is 2.47. The first kappa shape index (κ1) is 24.6. The van der Waals surface area contributed by atoms with Crippen molar-refractivity contribution in [1.29, 1.82) is 0 Å². The van der Waals surface area contributed by atoms with Crippen LogP contribution in [0.15, 0.2) is 162 Å². The lowest BCUT2D eigenvalue weighted by Crippen LogP contribution is -2.11. The van der Waals surface area contributed by atoms with Crippen molar-refractivity contribution >= 4 is 71.4 Å². The summed E-state index contributed by atoms with van der Waals surface area (Å²) in [4.78, 5) is 7.15. The van der Waals surface area contributed by atoms with Gasteiger partial charge in [0.25, 0.3) is 0 Å². The average molecular weight is 563 g/mol. The van der Waals surface area contributed by atoms with Gasteiger partial charge in [-0.3, -0.25) is 4.98 Å². The van der Waals surface area contributed by atoms with Gasteiger partial charge in [-0.15, -0.1) is 0 Å². The molecule has 0 radical (unpaired) electrons.